The van der Waals surface area contributed by atoms with Gasteiger partial charge in [-0.05, 0) is 37.8 Å². The Morgan fingerprint density at radius 1 is 1.14 bits per heavy atom. The lowest BCUT2D eigenvalue weighted by molar-refractivity contribution is 0.0689. The van der Waals surface area contributed by atoms with Crippen LogP contribution in [0.1, 0.15) is 53.8 Å². The minimum absolute atomic E-state index is 0.0261. The average Bonchev–Trinajstić information content (AvgIpc) is 3.26. The zero-order chi connectivity index (χ0) is 19.1. The first-order valence-electron chi connectivity index (χ1n) is 9.48. The van der Waals surface area contributed by atoms with Gasteiger partial charge in [-0.15, -0.1) is 5.10 Å². The normalized spacial score (nSPS) is 17.8. The highest BCUT2D eigenvalue weighted by Gasteiger charge is 2.30. The van der Waals surface area contributed by atoms with Gasteiger partial charge in [-0.2, -0.15) is 4.98 Å². The van der Waals surface area contributed by atoms with Crippen molar-refractivity contribution >= 4 is 17.5 Å². The number of aromatic nitrogens is 5. The molecule has 1 aromatic carbocycles. The zero-order valence-corrected chi connectivity index (χ0v) is 15.9. The lowest BCUT2D eigenvalue weighted by Gasteiger charge is -2.32. The van der Waals surface area contributed by atoms with Crippen LogP contribution in [0.5, 0.6) is 0 Å². The van der Waals surface area contributed by atoms with Gasteiger partial charge in [0, 0.05) is 19.0 Å². The third-order valence-corrected chi connectivity index (χ3v) is 5.67. The second-order valence-corrected chi connectivity index (χ2v) is 7.73. The maximum atomic E-state index is 12.7. The molecule has 8 nitrogen and oxygen atoms in total. The van der Waals surface area contributed by atoms with E-state index in [4.69, 9.17) is 16.1 Å². The van der Waals surface area contributed by atoms with Gasteiger partial charge in [0.1, 0.15) is 0 Å². The highest BCUT2D eigenvalue weighted by molar-refractivity contribution is 6.33. The first kappa shape index (κ1) is 17.4. The monoisotopic (exact) mass is 398 g/mol. The van der Waals surface area contributed by atoms with Crippen LogP contribution in [0, 0.1) is 0 Å². The van der Waals surface area contributed by atoms with Crippen molar-refractivity contribution in [2.45, 2.75) is 37.6 Å². The summed E-state index contributed by atoms with van der Waals surface area (Å²) in [7, 11) is 0. The number of carbonyl (C=O) groups is 1. The summed E-state index contributed by atoms with van der Waals surface area (Å²) in [5.41, 5.74) is 1.14. The van der Waals surface area contributed by atoms with Gasteiger partial charge < -0.3 is 9.42 Å². The van der Waals surface area contributed by atoms with Crippen molar-refractivity contribution in [2.24, 2.45) is 0 Å². The molecule has 0 atom stereocenters. The van der Waals surface area contributed by atoms with E-state index in [1.165, 1.54) is 0 Å². The minimum Gasteiger partial charge on any atom is -0.338 e. The summed E-state index contributed by atoms with van der Waals surface area (Å²) >= 11 is 6.16. The molecule has 0 radical (unpaired) electrons. The van der Waals surface area contributed by atoms with Crippen molar-refractivity contribution in [1.29, 1.82) is 0 Å². The number of rotatable bonds is 4. The molecule has 0 bridgehead atoms. The molecule has 0 unspecified atom stereocenters. The fourth-order valence-electron chi connectivity index (χ4n) is 3.54. The number of halogens is 1. The van der Waals surface area contributed by atoms with Gasteiger partial charge in [0.2, 0.25) is 0 Å². The molecule has 144 valence electrons. The van der Waals surface area contributed by atoms with E-state index in [0.29, 0.717) is 41.2 Å². The van der Waals surface area contributed by atoms with E-state index >= 15 is 0 Å². The fraction of sp³-hybridized carbons (Fsp3) is 0.421. The Morgan fingerprint density at radius 2 is 1.93 bits per heavy atom. The van der Waals surface area contributed by atoms with Gasteiger partial charge in [-0.25, -0.2) is 4.68 Å². The molecule has 3 aromatic rings. The average molecular weight is 399 g/mol. The number of hydrogen-bond acceptors (Lipinski definition) is 6. The predicted octanol–water partition coefficient (Wildman–Crippen LogP) is 3.34. The van der Waals surface area contributed by atoms with Crippen molar-refractivity contribution in [3.05, 3.63) is 46.9 Å². The molecule has 1 amide bonds. The lowest BCUT2D eigenvalue weighted by Crippen LogP contribution is -2.39. The summed E-state index contributed by atoms with van der Waals surface area (Å²) in [6, 6.07) is 7.34. The zero-order valence-electron chi connectivity index (χ0n) is 15.2. The molecule has 1 saturated heterocycles. The standard InChI is InChI=1S/C19H19ClN6O2/c20-15-4-2-1-3-14(15)19(27)25-9-7-13(8-10-25)26-11-16(22-24-26)18-21-17(23-28-18)12-5-6-12/h1-4,11-13H,5-10H2. The van der Waals surface area contributed by atoms with Crippen molar-refractivity contribution in [2.75, 3.05) is 13.1 Å². The highest BCUT2D eigenvalue weighted by atomic mass is 35.5. The van der Waals surface area contributed by atoms with Gasteiger partial charge in [-0.1, -0.05) is 34.1 Å². The maximum absolute atomic E-state index is 12.7. The summed E-state index contributed by atoms with van der Waals surface area (Å²) < 4.78 is 7.16. The molecular formula is C19H19ClN6O2. The second kappa shape index (κ2) is 7.01. The SMILES string of the molecule is O=C(c1ccccc1Cl)N1CCC(n2cc(-c3nc(C4CC4)no3)nn2)CC1. The first-order chi connectivity index (χ1) is 13.7. The third-order valence-electron chi connectivity index (χ3n) is 5.34. The molecule has 1 aliphatic carbocycles. The smallest absolute Gasteiger partial charge is 0.280 e. The van der Waals surface area contributed by atoms with E-state index in [0.717, 1.165) is 31.5 Å². The molecule has 5 rings (SSSR count). The summed E-state index contributed by atoms with van der Waals surface area (Å²) in [4.78, 5) is 19.0. The highest BCUT2D eigenvalue weighted by Crippen LogP contribution is 2.38. The number of hydrogen-bond donors (Lipinski definition) is 0. The maximum Gasteiger partial charge on any atom is 0.280 e. The lowest BCUT2D eigenvalue weighted by atomic mass is 10.0. The Labute approximate surface area is 166 Å². The van der Waals surface area contributed by atoms with Crippen LogP contribution in [0.2, 0.25) is 5.02 Å². The quantitative estimate of drug-likeness (QED) is 0.669. The van der Waals surface area contributed by atoms with Crippen LogP contribution in [0.4, 0.5) is 0 Å². The minimum atomic E-state index is -0.0261. The summed E-state index contributed by atoms with van der Waals surface area (Å²) in [5, 5.41) is 12.9. The number of nitrogens with zero attached hydrogens (tertiary/aromatic N) is 6. The molecule has 0 N–H and O–H groups in total. The Hall–Kier alpha value is -2.74. The number of piperidine rings is 1. The summed E-state index contributed by atoms with van der Waals surface area (Å²) in [6.07, 6.45) is 5.70. The molecule has 2 aliphatic rings. The number of amides is 1. The summed E-state index contributed by atoms with van der Waals surface area (Å²) in [6.45, 7) is 1.30. The molecule has 28 heavy (non-hydrogen) atoms. The molecule has 0 spiro atoms. The Bertz CT molecular complexity index is 1000. The van der Waals surface area contributed by atoms with Gasteiger partial charge in [-0.3, -0.25) is 4.79 Å². The van der Waals surface area contributed by atoms with Crippen LogP contribution >= 0.6 is 11.6 Å². The Kier molecular flexibility index (Phi) is 4.35. The Morgan fingerprint density at radius 3 is 2.68 bits per heavy atom. The van der Waals surface area contributed by atoms with Crippen molar-refractivity contribution in [3.63, 3.8) is 0 Å². The molecule has 1 saturated carbocycles. The van der Waals surface area contributed by atoms with Crippen LogP contribution in [-0.2, 0) is 0 Å². The predicted molar refractivity (Wildman–Crippen MR) is 101 cm³/mol. The van der Waals surface area contributed by atoms with Crippen LogP contribution < -0.4 is 0 Å². The number of likely N-dealkylation sites (tertiary alicyclic amines) is 1. The van der Waals surface area contributed by atoms with Crippen LogP contribution in [0.25, 0.3) is 11.6 Å². The number of benzene rings is 1. The van der Waals surface area contributed by atoms with E-state index in [-0.39, 0.29) is 11.9 Å². The summed E-state index contributed by atoms with van der Waals surface area (Å²) in [5.74, 6) is 1.59. The van der Waals surface area contributed by atoms with Gasteiger partial charge in [0.25, 0.3) is 11.8 Å². The van der Waals surface area contributed by atoms with Crippen LogP contribution in [0.3, 0.4) is 0 Å². The molecule has 3 heterocycles. The third kappa shape index (κ3) is 3.28. The molecule has 1 aliphatic heterocycles. The van der Waals surface area contributed by atoms with Crippen molar-refractivity contribution in [3.8, 4) is 11.6 Å². The van der Waals surface area contributed by atoms with Crippen molar-refractivity contribution < 1.29 is 9.32 Å². The number of carbonyl (C=O) groups excluding carboxylic acids is 1. The van der Waals surface area contributed by atoms with E-state index < -0.39 is 0 Å². The first-order valence-corrected chi connectivity index (χ1v) is 9.86. The molecule has 2 aromatic heterocycles. The van der Waals surface area contributed by atoms with Crippen molar-refractivity contribution in [1.82, 2.24) is 30.0 Å². The largest absolute Gasteiger partial charge is 0.338 e. The Balaban J connectivity index is 1.24. The topological polar surface area (TPSA) is 89.9 Å². The fourth-order valence-corrected chi connectivity index (χ4v) is 3.75. The second-order valence-electron chi connectivity index (χ2n) is 7.32. The van der Waals surface area contributed by atoms with E-state index in [2.05, 4.69) is 20.5 Å². The molecule has 9 heteroatoms. The van der Waals surface area contributed by atoms with Gasteiger partial charge >= 0.3 is 0 Å². The van der Waals surface area contributed by atoms with Crippen LogP contribution in [-0.4, -0.2) is 49.0 Å². The van der Waals surface area contributed by atoms with E-state index in [1.807, 2.05) is 27.9 Å². The van der Waals surface area contributed by atoms with Gasteiger partial charge in [0.15, 0.2) is 11.5 Å². The van der Waals surface area contributed by atoms with Gasteiger partial charge in [0.05, 0.1) is 22.8 Å². The van der Waals surface area contributed by atoms with E-state index in [9.17, 15) is 4.79 Å². The molecule has 2 fully saturated rings. The van der Waals surface area contributed by atoms with E-state index in [1.54, 1.807) is 12.1 Å². The van der Waals surface area contributed by atoms with Crippen LogP contribution in [0.15, 0.2) is 35.0 Å². The molecular weight excluding hydrogens is 380 g/mol.